The smallest absolute Gasteiger partial charge is 0.260 e. The lowest BCUT2D eigenvalue weighted by Crippen LogP contribution is -2.54. The van der Waals surface area contributed by atoms with Crippen molar-refractivity contribution in [3.63, 3.8) is 0 Å². The molecule has 2 aliphatic rings. The monoisotopic (exact) mass is 439 g/mol. The fraction of sp³-hybridized carbons (Fsp3) is 0.333. The third kappa shape index (κ3) is 4.37. The van der Waals surface area contributed by atoms with Crippen molar-refractivity contribution < 1.29 is 23.8 Å². The number of nitrogens with two attached hydrogens (primary N) is 1. The Balaban J connectivity index is 1.59. The van der Waals surface area contributed by atoms with Gasteiger partial charge in [-0.3, -0.25) is 14.7 Å². The summed E-state index contributed by atoms with van der Waals surface area (Å²) in [5.74, 6) is -0.880. The highest BCUT2D eigenvalue weighted by atomic mass is 19.1. The van der Waals surface area contributed by atoms with E-state index in [2.05, 4.69) is 4.99 Å². The summed E-state index contributed by atoms with van der Waals surface area (Å²) in [5, 5.41) is 10.3. The average Bonchev–Trinajstić information content (AvgIpc) is 2.80. The van der Waals surface area contributed by atoms with Gasteiger partial charge >= 0.3 is 0 Å². The number of halogens is 1. The minimum Gasteiger partial charge on any atom is -0.469 e. The first-order valence-corrected chi connectivity index (χ1v) is 10.5. The standard InChI is InChI=1S/C24H26FN3O4/c1-15-17(11-16-3-5-18(6-4-16)27-9-2-8-26)12-19-23(22(15)25)32-14-28(24(19)30)20-7-10-31-13-21(20)29/h2-6,8-9,12,20-21,29H,7,10-11,13-14,26H2,1H3/t20-,21-/m0/s1. The topological polar surface area (TPSA) is 97.4 Å². The molecule has 0 bridgehead atoms. The molecule has 1 amide bonds. The number of amides is 1. The molecular weight excluding hydrogens is 413 g/mol. The van der Waals surface area contributed by atoms with Gasteiger partial charge in [0.15, 0.2) is 18.3 Å². The molecule has 32 heavy (non-hydrogen) atoms. The number of aliphatic hydroxyl groups is 1. The van der Waals surface area contributed by atoms with Gasteiger partial charge in [-0.15, -0.1) is 0 Å². The summed E-state index contributed by atoms with van der Waals surface area (Å²) in [4.78, 5) is 18.9. The van der Waals surface area contributed by atoms with Crippen LogP contribution < -0.4 is 10.5 Å². The summed E-state index contributed by atoms with van der Waals surface area (Å²) >= 11 is 0. The van der Waals surface area contributed by atoms with E-state index in [-0.39, 0.29) is 30.6 Å². The number of rotatable bonds is 5. The van der Waals surface area contributed by atoms with Crippen LogP contribution in [-0.4, -0.2) is 54.2 Å². The predicted octanol–water partition coefficient (Wildman–Crippen LogP) is 2.84. The third-order valence-electron chi connectivity index (χ3n) is 5.86. The van der Waals surface area contributed by atoms with Gasteiger partial charge in [-0.05, 0) is 66.9 Å². The zero-order chi connectivity index (χ0) is 22.7. The summed E-state index contributed by atoms with van der Waals surface area (Å²) in [6.45, 7) is 2.21. The number of fused-ring (bicyclic) bond motifs is 1. The first-order chi connectivity index (χ1) is 15.5. The lowest BCUT2D eigenvalue weighted by atomic mass is 9.95. The molecule has 1 fully saturated rings. The molecule has 7 nitrogen and oxygen atoms in total. The molecule has 2 aromatic carbocycles. The van der Waals surface area contributed by atoms with Crippen LogP contribution in [0.5, 0.6) is 5.75 Å². The Hall–Kier alpha value is -3.23. The molecule has 0 spiro atoms. The van der Waals surface area contributed by atoms with E-state index < -0.39 is 18.0 Å². The Bertz CT molecular complexity index is 1050. The fourth-order valence-electron chi connectivity index (χ4n) is 4.03. The van der Waals surface area contributed by atoms with Gasteiger partial charge in [-0.2, -0.15) is 0 Å². The van der Waals surface area contributed by atoms with Crippen molar-refractivity contribution in [2.45, 2.75) is 31.9 Å². The second kappa shape index (κ2) is 9.50. The number of aliphatic hydroxyl groups excluding tert-OH is 1. The number of hydrogen-bond donors (Lipinski definition) is 2. The zero-order valence-corrected chi connectivity index (χ0v) is 17.8. The van der Waals surface area contributed by atoms with Crippen molar-refractivity contribution in [2.75, 3.05) is 19.9 Å². The summed E-state index contributed by atoms with van der Waals surface area (Å²) < 4.78 is 26.0. The Kier molecular flexibility index (Phi) is 6.53. The van der Waals surface area contributed by atoms with Crippen LogP contribution in [0, 0.1) is 12.7 Å². The predicted molar refractivity (Wildman–Crippen MR) is 119 cm³/mol. The Morgan fingerprint density at radius 3 is 2.84 bits per heavy atom. The number of hydrogen-bond acceptors (Lipinski definition) is 6. The van der Waals surface area contributed by atoms with Crippen molar-refractivity contribution in [1.29, 1.82) is 0 Å². The Morgan fingerprint density at radius 1 is 1.34 bits per heavy atom. The number of carbonyl (C=O) groups is 1. The normalized spacial score (nSPS) is 21.2. The van der Waals surface area contributed by atoms with Crippen LogP contribution in [0.3, 0.4) is 0 Å². The van der Waals surface area contributed by atoms with Crippen molar-refractivity contribution in [3.05, 3.63) is 70.7 Å². The van der Waals surface area contributed by atoms with Gasteiger partial charge in [-0.25, -0.2) is 4.39 Å². The van der Waals surface area contributed by atoms with Crippen molar-refractivity contribution in [2.24, 2.45) is 10.7 Å². The average molecular weight is 439 g/mol. The molecule has 0 radical (unpaired) electrons. The number of ether oxygens (including phenoxy) is 2. The first kappa shape index (κ1) is 22.0. The molecule has 168 valence electrons. The SMILES string of the molecule is Cc1c(Cc2ccc(N=CC=CN)cc2)cc2c(c1F)OCN([C@H]1CCOC[C@@H]1O)C2=O. The van der Waals surface area contributed by atoms with Crippen LogP contribution in [-0.2, 0) is 11.2 Å². The molecule has 0 unspecified atom stereocenters. The van der Waals surface area contributed by atoms with E-state index in [0.717, 1.165) is 11.3 Å². The molecule has 0 saturated carbocycles. The van der Waals surface area contributed by atoms with E-state index >= 15 is 4.39 Å². The molecular formula is C24H26FN3O4. The minimum absolute atomic E-state index is 0.0216. The maximum atomic E-state index is 15.1. The quantitative estimate of drug-likeness (QED) is 0.699. The molecule has 8 heteroatoms. The highest BCUT2D eigenvalue weighted by molar-refractivity contribution is 5.98. The molecule has 3 N–H and O–H groups in total. The van der Waals surface area contributed by atoms with E-state index in [1.807, 2.05) is 24.3 Å². The molecule has 2 aliphatic heterocycles. The van der Waals surface area contributed by atoms with Crippen molar-refractivity contribution >= 4 is 17.8 Å². The van der Waals surface area contributed by atoms with Crippen LogP contribution in [0.4, 0.5) is 10.1 Å². The van der Waals surface area contributed by atoms with E-state index in [4.69, 9.17) is 15.2 Å². The summed E-state index contributed by atoms with van der Waals surface area (Å²) in [7, 11) is 0. The number of carbonyl (C=O) groups excluding carboxylic acids is 1. The molecule has 1 saturated heterocycles. The maximum absolute atomic E-state index is 15.1. The molecule has 0 aromatic heterocycles. The highest BCUT2D eigenvalue weighted by Crippen LogP contribution is 2.35. The van der Waals surface area contributed by atoms with E-state index in [1.54, 1.807) is 25.3 Å². The van der Waals surface area contributed by atoms with Crippen molar-refractivity contribution in [3.8, 4) is 5.75 Å². The van der Waals surface area contributed by atoms with E-state index in [1.165, 1.54) is 11.1 Å². The largest absolute Gasteiger partial charge is 0.469 e. The lowest BCUT2D eigenvalue weighted by Gasteiger charge is -2.39. The fourth-order valence-corrected chi connectivity index (χ4v) is 4.03. The first-order valence-electron chi connectivity index (χ1n) is 10.5. The lowest BCUT2D eigenvalue weighted by molar-refractivity contribution is -0.0717. The Labute approximate surface area is 186 Å². The molecule has 2 heterocycles. The number of benzene rings is 2. The van der Waals surface area contributed by atoms with Crippen LogP contribution >= 0.6 is 0 Å². The van der Waals surface area contributed by atoms with Gasteiger partial charge in [0.2, 0.25) is 0 Å². The summed E-state index contributed by atoms with van der Waals surface area (Å²) in [5.41, 5.74) is 8.36. The number of allylic oxidation sites excluding steroid dienone is 1. The summed E-state index contributed by atoms with van der Waals surface area (Å²) in [6, 6.07) is 8.84. The second-order valence-corrected chi connectivity index (χ2v) is 7.90. The van der Waals surface area contributed by atoms with Crippen LogP contribution in [0.25, 0.3) is 0 Å². The molecule has 4 rings (SSSR count). The zero-order valence-electron chi connectivity index (χ0n) is 17.8. The second-order valence-electron chi connectivity index (χ2n) is 7.90. The van der Waals surface area contributed by atoms with E-state index in [0.29, 0.717) is 30.6 Å². The third-order valence-corrected chi connectivity index (χ3v) is 5.86. The van der Waals surface area contributed by atoms with Gasteiger partial charge < -0.3 is 20.3 Å². The number of aliphatic imine (C=N–C) groups is 1. The number of nitrogens with zero attached hydrogens (tertiary/aromatic N) is 2. The highest BCUT2D eigenvalue weighted by Gasteiger charge is 2.38. The van der Waals surface area contributed by atoms with Crippen LogP contribution in [0.1, 0.15) is 33.5 Å². The van der Waals surface area contributed by atoms with Gasteiger partial charge in [-0.1, -0.05) is 12.1 Å². The molecule has 0 aliphatic carbocycles. The van der Waals surface area contributed by atoms with Crippen molar-refractivity contribution in [1.82, 2.24) is 4.90 Å². The Morgan fingerprint density at radius 2 is 2.12 bits per heavy atom. The van der Waals surface area contributed by atoms with Gasteiger partial charge in [0, 0.05) is 12.8 Å². The molecule has 2 aromatic rings. The van der Waals surface area contributed by atoms with Crippen LogP contribution in [0.15, 0.2) is 47.6 Å². The molecule has 2 atom stereocenters. The van der Waals surface area contributed by atoms with Gasteiger partial charge in [0.1, 0.15) is 0 Å². The van der Waals surface area contributed by atoms with E-state index in [9.17, 15) is 9.90 Å². The summed E-state index contributed by atoms with van der Waals surface area (Å²) in [6.07, 6.45) is 4.80. The maximum Gasteiger partial charge on any atom is 0.260 e. The van der Waals surface area contributed by atoms with Crippen LogP contribution in [0.2, 0.25) is 0 Å². The van der Waals surface area contributed by atoms with Gasteiger partial charge in [0.05, 0.1) is 30.0 Å². The van der Waals surface area contributed by atoms with Gasteiger partial charge in [0.25, 0.3) is 5.91 Å². The minimum atomic E-state index is -0.797.